The van der Waals surface area contributed by atoms with Crippen LogP contribution in [0.5, 0.6) is 0 Å². The summed E-state index contributed by atoms with van der Waals surface area (Å²) in [5, 5.41) is 0. The highest BCUT2D eigenvalue weighted by molar-refractivity contribution is 5.86. The van der Waals surface area contributed by atoms with Crippen LogP contribution in [-0.4, -0.2) is 62.1 Å². The fraction of sp³-hybridized carbons (Fsp3) is 0.643. The first-order chi connectivity index (χ1) is 9.13. The summed E-state index contributed by atoms with van der Waals surface area (Å²) in [6.45, 7) is 3.93. The van der Waals surface area contributed by atoms with Gasteiger partial charge in [-0.3, -0.25) is 0 Å². The van der Waals surface area contributed by atoms with E-state index in [9.17, 15) is 4.79 Å². The van der Waals surface area contributed by atoms with E-state index in [1.165, 1.54) is 6.26 Å². The van der Waals surface area contributed by atoms with Crippen molar-refractivity contribution in [3.8, 4) is 0 Å². The number of carbonyl (C=O) groups is 1. The average Bonchev–Trinajstić information content (AvgIpc) is 2.84. The lowest BCUT2D eigenvalue weighted by molar-refractivity contribution is -0.0804. The van der Waals surface area contributed by atoms with Crippen LogP contribution in [0.25, 0.3) is 0 Å². The Morgan fingerprint density at radius 2 is 1.79 bits per heavy atom. The molecule has 2 aliphatic rings. The van der Waals surface area contributed by atoms with Gasteiger partial charge in [-0.1, -0.05) is 0 Å². The predicted octanol–water partition coefficient (Wildman–Crippen LogP) is 0.928. The molecule has 2 fully saturated rings. The molecule has 2 aliphatic heterocycles. The first-order valence-electron chi connectivity index (χ1n) is 6.75. The third-order valence-electron chi connectivity index (χ3n) is 4.08. The number of rotatable bonds is 2. The van der Waals surface area contributed by atoms with Gasteiger partial charge in [-0.05, 0) is 26.2 Å². The topological polar surface area (TPSA) is 45.9 Å². The van der Waals surface area contributed by atoms with Crippen molar-refractivity contribution < 1.29 is 13.9 Å². The highest BCUT2D eigenvalue weighted by atomic mass is 16.6. The molecule has 1 aromatic rings. The number of ether oxygens (including phenoxy) is 1. The molecule has 3 heterocycles. The van der Waals surface area contributed by atoms with Gasteiger partial charge in [0.05, 0.1) is 6.26 Å². The number of hydrogen-bond donors (Lipinski definition) is 0. The van der Waals surface area contributed by atoms with Gasteiger partial charge in [0.25, 0.3) is 0 Å². The van der Waals surface area contributed by atoms with Crippen molar-refractivity contribution >= 4 is 5.97 Å². The van der Waals surface area contributed by atoms with Crippen molar-refractivity contribution in [2.75, 3.05) is 40.3 Å². The molecule has 0 amide bonds. The van der Waals surface area contributed by atoms with E-state index in [4.69, 9.17) is 9.15 Å². The second-order valence-electron chi connectivity index (χ2n) is 5.81. The van der Waals surface area contributed by atoms with Crippen LogP contribution in [-0.2, 0) is 4.74 Å². The van der Waals surface area contributed by atoms with Crippen LogP contribution in [0.2, 0.25) is 0 Å². The van der Waals surface area contributed by atoms with Gasteiger partial charge in [-0.2, -0.15) is 0 Å². The van der Waals surface area contributed by atoms with Crippen molar-refractivity contribution in [3.63, 3.8) is 0 Å². The van der Waals surface area contributed by atoms with Crippen molar-refractivity contribution in [1.82, 2.24) is 9.80 Å². The van der Waals surface area contributed by atoms with E-state index < -0.39 is 0 Å². The fourth-order valence-electron chi connectivity index (χ4n) is 3.44. The lowest BCUT2D eigenvalue weighted by Crippen LogP contribution is -2.59. The number of furan rings is 1. The zero-order valence-corrected chi connectivity index (χ0v) is 11.4. The summed E-state index contributed by atoms with van der Waals surface area (Å²) >= 11 is 0. The van der Waals surface area contributed by atoms with Crippen LogP contribution in [0.1, 0.15) is 10.6 Å². The van der Waals surface area contributed by atoms with Crippen LogP contribution in [0.15, 0.2) is 22.8 Å². The molecule has 0 spiro atoms. The van der Waals surface area contributed by atoms with Crippen LogP contribution >= 0.6 is 0 Å². The smallest absolute Gasteiger partial charge is 0.374 e. The molecule has 1 aromatic heterocycles. The number of likely N-dealkylation sites (tertiary alicyclic amines) is 2. The molecule has 0 radical (unpaired) electrons. The van der Waals surface area contributed by atoms with Crippen molar-refractivity contribution in [2.24, 2.45) is 11.8 Å². The molecule has 2 saturated heterocycles. The fourth-order valence-corrected chi connectivity index (χ4v) is 3.44. The third kappa shape index (κ3) is 2.53. The third-order valence-corrected chi connectivity index (χ3v) is 4.08. The number of esters is 1. The first kappa shape index (κ1) is 12.7. The summed E-state index contributed by atoms with van der Waals surface area (Å²) in [7, 11) is 4.27. The first-order valence-corrected chi connectivity index (χ1v) is 6.75. The standard InChI is InChI=1S/C14H20N2O3/c1-15-6-10-8-16(2)9-11(7-15)13(10)19-14(17)12-4-3-5-18-12/h3-5,10-11,13H,6-9H2,1-2H3. The molecule has 3 rings (SSSR count). The maximum atomic E-state index is 12.0. The van der Waals surface area contributed by atoms with Gasteiger partial charge in [0.1, 0.15) is 6.10 Å². The van der Waals surface area contributed by atoms with Crippen molar-refractivity contribution in [3.05, 3.63) is 24.2 Å². The summed E-state index contributed by atoms with van der Waals surface area (Å²) < 4.78 is 10.8. The Hall–Kier alpha value is -1.33. The molecule has 0 N–H and O–H groups in total. The van der Waals surface area contributed by atoms with Gasteiger partial charge < -0.3 is 19.0 Å². The van der Waals surface area contributed by atoms with E-state index in [1.807, 2.05) is 0 Å². The van der Waals surface area contributed by atoms with Gasteiger partial charge in [0.2, 0.25) is 5.76 Å². The van der Waals surface area contributed by atoms with Crippen LogP contribution in [0.4, 0.5) is 0 Å². The minimum Gasteiger partial charge on any atom is -0.457 e. The molecule has 5 heteroatoms. The molecule has 0 saturated carbocycles. The molecule has 104 valence electrons. The summed E-state index contributed by atoms with van der Waals surface area (Å²) in [4.78, 5) is 16.7. The maximum absolute atomic E-state index is 12.0. The van der Waals surface area contributed by atoms with Crippen molar-refractivity contribution in [1.29, 1.82) is 0 Å². The summed E-state index contributed by atoms with van der Waals surface area (Å²) in [6, 6.07) is 3.36. The van der Waals surface area contributed by atoms with Gasteiger partial charge in [-0.15, -0.1) is 0 Å². The Morgan fingerprint density at radius 1 is 1.21 bits per heavy atom. The van der Waals surface area contributed by atoms with E-state index in [1.54, 1.807) is 12.1 Å². The molecule has 0 atom stereocenters. The molecule has 0 aromatic carbocycles. The number of piperidine rings is 2. The second kappa shape index (κ2) is 4.98. The van der Waals surface area contributed by atoms with E-state index in [2.05, 4.69) is 23.9 Å². The predicted molar refractivity (Wildman–Crippen MR) is 69.9 cm³/mol. The van der Waals surface area contributed by atoms with E-state index in [0.29, 0.717) is 17.6 Å². The molecular formula is C14H20N2O3. The minimum atomic E-state index is -0.334. The zero-order valence-electron chi connectivity index (χ0n) is 11.4. The van der Waals surface area contributed by atoms with Gasteiger partial charge in [0, 0.05) is 38.0 Å². The molecule has 19 heavy (non-hydrogen) atoms. The monoisotopic (exact) mass is 264 g/mol. The lowest BCUT2D eigenvalue weighted by Gasteiger charge is -2.48. The minimum absolute atomic E-state index is 0.0185. The van der Waals surface area contributed by atoms with E-state index in [0.717, 1.165) is 26.2 Å². The zero-order chi connectivity index (χ0) is 13.4. The highest BCUT2D eigenvalue weighted by Crippen LogP contribution is 2.30. The van der Waals surface area contributed by atoms with Crippen molar-refractivity contribution in [2.45, 2.75) is 6.10 Å². The quantitative estimate of drug-likeness (QED) is 0.744. The lowest BCUT2D eigenvalue weighted by atomic mass is 9.82. The number of carbonyl (C=O) groups excluding carboxylic acids is 1. The summed E-state index contributed by atoms with van der Waals surface area (Å²) in [5.74, 6) is 0.743. The normalized spacial score (nSPS) is 32.2. The molecular weight excluding hydrogens is 244 g/mol. The maximum Gasteiger partial charge on any atom is 0.374 e. The summed E-state index contributed by atoms with van der Waals surface area (Å²) in [6.07, 6.45) is 1.52. The Kier molecular flexibility index (Phi) is 3.33. The summed E-state index contributed by atoms with van der Waals surface area (Å²) in [5.41, 5.74) is 0. The van der Waals surface area contributed by atoms with Crippen LogP contribution in [0.3, 0.4) is 0 Å². The molecule has 5 nitrogen and oxygen atoms in total. The highest BCUT2D eigenvalue weighted by Gasteiger charge is 2.43. The van der Waals surface area contributed by atoms with Crippen LogP contribution in [0, 0.1) is 11.8 Å². The Bertz CT molecular complexity index is 416. The van der Waals surface area contributed by atoms with E-state index in [-0.39, 0.29) is 12.1 Å². The van der Waals surface area contributed by atoms with Gasteiger partial charge in [-0.25, -0.2) is 4.79 Å². The number of hydrogen-bond acceptors (Lipinski definition) is 5. The molecule has 0 aliphatic carbocycles. The number of nitrogens with zero attached hydrogens (tertiary/aromatic N) is 2. The Balaban J connectivity index is 1.72. The largest absolute Gasteiger partial charge is 0.457 e. The van der Waals surface area contributed by atoms with Gasteiger partial charge >= 0.3 is 5.97 Å². The number of fused-ring (bicyclic) bond motifs is 2. The molecule has 0 unspecified atom stereocenters. The average molecular weight is 264 g/mol. The Morgan fingerprint density at radius 3 is 2.26 bits per heavy atom. The van der Waals surface area contributed by atoms with Gasteiger partial charge in [0.15, 0.2) is 0 Å². The molecule has 2 bridgehead atoms. The van der Waals surface area contributed by atoms with Crippen LogP contribution < -0.4 is 0 Å². The second-order valence-corrected chi connectivity index (χ2v) is 5.81. The Labute approximate surface area is 113 Å². The SMILES string of the molecule is CN1CC2CN(C)CC(C1)C2OC(=O)c1ccco1. The van der Waals surface area contributed by atoms with E-state index >= 15 is 0 Å².